The molecule has 0 radical (unpaired) electrons. The molecule has 0 aliphatic rings. The van der Waals surface area contributed by atoms with Gasteiger partial charge >= 0.3 is 5.97 Å². The lowest BCUT2D eigenvalue weighted by molar-refractivity contribution is -0.142. The topological polar surface area (TPSA) is 103 Å². The molecule has 1 N–H and O–H groups in total. The summed E-state index contributed by atoms with van der Waals surface area (Å²) in [6, 6.07) is 18.2. The summed E-state index contributed by atoms with van der Waals surface area (Å²) in [5, 5.41) is 12.1. The van der Waals surface area contributed by atoms with E-state index in [0.29, 0.717) is 30.3 Å². The third-order valence-corrected chi connectivity index (χ3v) is 5.50. The maximum absolute atomic E-state index is 12.4. The second-order valence-electron chi connectivity index (χ2n) is 8.20. The van der Waals surface area contributed by atoms with Crippen LogP contribution in [-0.2, 0) is 25.6 Å². The molecule has 186 valence electrons. The summed E-state index contributed by atoms with van der Waals surface area (Å²) in [5.41, 5.74) is 4.09. The molecule has 0 unspecified atom stereocenters. The average molecular weight is 488 g/mol. The smallest absolute Gasteiger partial charge is 0.349 e. The number of esters is 1. The lowest BCUT2D eigenvalue weighted by atomic mass is 10.1. The number of carbonyl (C=O) groups is 2. The van der Waals surface area contributed by atoms with Crippen molar-refractivity contribution >= 4 is 23.6 Å². The van der Waals surface area contributed by atoms with E-state index in [4.69, 9.17) is 14.2 Å². The monoisotopic (exact) mass is 487 g/mol. The number of amides is 1. The molecule has 3 rings (SSSR count). The molecule has 0 saturated heterocycles. The highest BCUT2D eigenvalue weighted by molar-refractivity contribution is 6.00. The summed E-state index contributed by atoms with van der Waals surface area (Å²) in [6.45, 7) is 6.53. The highest BCUT2D eigenvalue weighted by atomic mass is 16.5. The largest absolute Gasteiger partial charge is 0.457 e. The van der Waals surface area contributed by atoms with E-state index in [2.05, 4.69) is 5.32 Å². The first-order chi connectivity index (χ1) is 17.3. The van der Waals surface area contributed by atoms with Gasteiger partial charge in [-0.1, -0.05) is 17.7 Å². The minimum absolute atomic E-state index is 0.188. The first-order valence-electron chi connectivity index (χ1n) is 11.4. The molecule has 8 nitrogen and oxygen atoms in total. The van der Waals surface area contributed by atoms with Crippen LogP contribution in [0.1, 0.15) is 22.5 Å². The highest BCUT2D eigenvalue weighted by Crippen LogP contribution is 2.23. The Kier molecular flexibility index (Phi) is 9.03. The molecule has 0 aliphatic carbocycles. The van der Waals surface area contributed by atoms with Crippen molar-refractivity contribution in [1.29, 1.82) is 5.26 Å². The molecule has 2 aromatic carbocycles. The number of hydrogen-bond acceptors (Lipinski definition) is 6. The summed E-state index contributed by atoms with van der Waals surface area (Å²) in [7, 11) is 1.63. The molecule has 0 atom stereocenters. The number of rotatable bonds is 10. The normalized spacial score (nSPS) is 11.0. The van der Waals surface area contributed by atoms with Crippen LogP contribution in [0.4, 0.5) is 5.69 Å². The Hall–Kier alpha value is -4.35. The van der Waals surface area contributed by atoms with Gasteiger partial charge in [0.05, 0.1) is 6.61 Å². The Labute approximate surface area is 210 Å². The number of anilines is 1. The van der Waals surface area contributed by atoms with Gasteiger partial charge in [-0.2, -0.15) is 5.26 Å². The quantitative estimate of drug-likeness (QED) is 0.247. The molecule has 1 heterocycles. The van der Waals surface area contributed by atoms with Crippen LogP contribution < -0.4 is 10.1 Å². The second kappa shape index (κ2) is 12.4. The van der Waals surface area contributed by atoms with Crippen molar-refractivity contribution in [3.8, 4) is 17.6 Å². The number of benzene rings is 2. The Morgan fingerprint density at radius 3 is 2.28 bits per heavy atom. The third kappa shape index (κ3) is 7.08. The molecular formula is C28H29N3O5. The van der Waals surface area contributed by atoms with Gasteiger partial charge in [0.2, 0.25) is 0 Å². The molecule has 0 fully saturated rings. The van der Waals surface area contributed by atoms with Crippen molar-refractivity contribution in [1.82, 2.24) is 4.57 Å². The van der Waals surface area contributed by atoms with Crippen LogP contribution in [0.15, 0.2) is 60.2 Å². The van der Waals surface area contributed by atoms with Crippen LogP contribution in [0.25, 0.3) is 6.08 Å². The van der Waals surface area contributed by atoms with Crippen molar-refractivity contribution in [3.05, 3.63) is 82.7 Å². The van der Waals surface area contributed by atoms with Crippen LogP contribution in [-0.4, -0.2) is 36.8 Å². The van der Waals surface area contributed by atoms with Crippen molar-refractivity contribution in [3.63, 3.8) is 0 Å². The lowest BCUT2D eigenvalue weighted by Crippen LogP contribution is -2.21. The van der Waals surface area contributed by atoms with Gasteiger partial charge in [0.1, 0.15) is 23.1 Å². The van der Waals surface area contributed by atoms with Gasteiger partial charge in [-0.15, -0.1) is 0 Å². The number of aryl methyl sites for hydroxylation is 2. The van der Waals surface area contributed by atoms with E-state index in [9.17, 15) is 14.9 Å². The number of nitrogens with zero attached hydrogens (tertiary/aromatic N) is 2. The lowest BCUT2D eigenvalue weighted by Gasteiger charge is -2.09. The molecule has 36 heavy (non-hydrogen) atoms. The van der Waals surface area contributed by atoms with Gasteiger partial charge in [0.15, 0.2) is 6.61 Å². The molecule has 0 spiro atoms. The fourth-order valence-corrected chi connectivity index (χ4v) is 3.55. The van der Waals surface area contributed by atoms with E-state index in [1.165, 1.54) is 6.08 Å². The number of aromatic nitrogens is 1. The standard InChI is InChI=1S/C28H29N3O5/c1-19-5-9-25(10-6-19)36-26-11-7-24(8-12-26)30-27(32)18-35-28(33)23(17-29)16-22-15-20(2)31(21(22)3)13-14-34-4/h5-12,15-16H,13-14,18H2,1-4H3,(H,30,32)/b23-16+. The fourth-order valence-electron chi connectivity index (χ4n) is 3.55. The predicted molar refractivity (Wildman–Crippen MR) is 137 cm³/mol. The molecule has 8 heteroatoms. The maximum Gasteiger partial charge on any atom is 0.349 e. The summed E-state index contributed by atoms with van der Waals surface area (Å²) < 4.78 is 18.0. The summed E-state index contributed by atoms with van der Waals surface area (Å²) in [5.74, 6) is -0.0574. The number of hydrogen-bond donors (Lipinski definition) is 1. The zero-order valence-electron chi connectivity index (χ0n) is 20.8. The van der Waals surface area contributed by atoms with Gasteiger partial charge in [-0.3, -0.25) is 4.79 Å². The van der Waals surface area contributed by atoms with E-state index in [-0.39, 0.29) is 5.57 Å². The van der Waals surface area contributed by atoms with E-state index in [1.807, 2.05) is 61.7 Å². The molecule has 0 aliphatic heterocycles. The number of nitriles is 1. The first kappa shape index (κ1) is 26.3. The Balaban J connectivity index is 1.55. The van der Waals surface area contributed by atoms with Crippen LogP contribution in [0.2, 0.25) is 0 Å². The van der Waals surface area contributed by atoms with Crippen molar-refractivity contribution in [2.24, 2.45) is 0 Å². The summed E-state index contributed by atoms with van der Waals surface area (Å²) in [4.78, 5) is 24.7. The number of carbonyl (C=O) groups excluding carboxylic acids is 2. The van der Waals surface area contributed by atoms with E-state index in [0.717, 1.165) is 22.5 Å². The zero-order valence-corrected chi connectivity index (χ0v) is 20.8. The van der Waals surface area contributed by atoms with Crippen LogP contribution >= 0.6 is 0 Å². The second-order valence-corrected chi connectivity index (χ2v) is 8.20. The molecule has 3 aromatic rings. The molecule has 1 amide bonds. The Morgan fingerprint density at radius 2 is 1.67 bits per heavy atom. The van der Waals surface area contributed by atoms with Crippen molar-refractivity contribution < 1.29 is 23.8 Å². The van der Waals surface area contributed by atoms with Gasteiger partial charge < -0.3 is 24.1 Å². The van der Waals surface area contributed by atoms with Gasteiger partial charge in [0, 0.05) is 30.7 Å². The van der Waals surface area contributed by atoms with Crippen LogP contribution in [0, 0.1) is 32.1 Å². The SMILES string of the molecule is COCCn1c(C)cc(/C=C(\C#N)C(=O)OCC(=O)Nc2ccc(Oc3ccc(C)cc3)cc2)c1C. The van der Waals surface area contributed by atoms with E-state index < -0.39 is 18.5 Å². The fraction of sp³-hybridized carbons (Fsp3) is 0.250. The summed E-state index contributed by atoms with van der Waals surface area (Å²) >= 11 is 0. The van der Waals surface area contributed by atoms with E-state index in [1.54, 1.807) is 31.4 Å². The Morgan fingerprint density at radius 1 is 1.03 bits per heavy atom. The predicted octanol–water partition coefficient (Wildman–Crippen LogP) is 4.94. The minimum Gasteiger partial charge on any atom is -0.457 e. The zero-order chi connectivity index (χ0) is 26.1. The van der Waals surface area contributed by atoms with Crippen molar-refractivity contribution in [2.45, 2.75) is 27.3 Å². The summed E-state index contributed by atoms with van der Waals surface area (Å²) in [6.07, 6.45) is 1.47. The maximum atomic E-state index is 12.4. The first-order valence-corrected chi connectivity index (χ1v) is 11.4. The van der Waals surface area contributed by atoms with Crippen LogP contribution in [0.5, 0.6) is 11.5 Å². The third-order valence-electron chi connectivity index (χ3n) is 5.50. The molecular weight excluding hydrogens is 458 g/mol. The molecule has 0 bridgehead atoms. The number of methoxy groups -OCH3 is 1. The highest BCUT2D eigenvalue weighted by Gasteiger charge is 2.16. The molecule has 1 aromatic heterocycles. The Bertz CT molecular complexity index is 1280. The van der Waals surface area contributed by atoms with E-state index >= 15 is 0 Å². The number of nitrogens with one attached hydrogen (secondary N) is 1. The van der Waals surface area contributed by atoms with Gasteiger partial charge in [-0.05, 0) is 74.9 Å². The average Bonchev–Trinajstić information content (AvgIpc) is 3.14. The van der Waals surface area contributed by atoms with Gasteiger partial charge in [-0.25, -0.2) is 4.79 Å². The number of ether oxygens (including phenoxy) is 3. The van der Waals surface area contributed by atoms with Gasteiger partial charge in [0.25, 0.3) is 5.91 Å². The molecule has 0 saturated carbocycles. The minimum atomic E-state index is -0.865. The van der Waals surface area contributed by atoms with Crippen molar-refractivity contribution in [2.75, 3.05) is 25.6 Å². The van der Waals surface area contributed by atoms with Crippen LogP contribution in [0.3, 0.4) is 0 Å².